The van der Waals surface area contributed by atoms with Gasteiger partial charge in [0.25, 0.3) is 0 Å². The van der Waals surface area contributed by atoms with Crippen molar-refractivity contribution in [3.8, 4) is 0 Å². The average molecular weight is 154 g/mol. The van der Waals surface area contributed by atoms with E-state index in [2.05, 4.69) is 0 Å². The molecule has 0 saturated carbocycles. The van der Waals surface area contributed by atoms with Crippen molar-refractivity contribution in [1.29, 1.82) is 0 Å². The van der Waals surface area contributed by atoms with Gasteiger partial charge in [-0.3, -0.25) is 0 Å². The molecule has 0 aliphatic carbocycles. The fraction of sp³-hybridized carbons (Fsp3) is 1.00. The highest BCUT2D eigenvalue weighted by Gasteiger charge is 2.25. The maximum absolute atomic E-state index is 11.6. The minimum Gasteiger partial charge on any atom is -0.449 e. The highest BCUT2D eigenvalue weighted by Crippen LogP contribution is 2.20. The molecule has 2 N–H and O–H groups in total. The standard InChI is InChI=1S/C5H12BF3N/c1-5(2,10)3-4-6(7,8)9/h3-4,10H2,1-2H3/q-1. The molecule has 0 aliphatic rings. The van der Waals surface area contributed by atoms with E-state index in [1.54, 1.807) is 13.8 Å². The molecule has 0 aromatic heterocycles. The molecule has 0 amide bonds. The molecule has 62 valence electrons. The van der Waals surface area contributed by atoms with E-state index in [4.69, 9.17) is 5.73 Å². The Hall–Kier alpha value is -0.185. The summed E-state index contributed by atoms with van der Waals surface area (Å²) in [6.07, 6.45) is -0.722. The number of hydrogen-bond acceptors (Lipinski definition) is 1. The zero-order valence-electron chi connectivity index (χ0n) is 6.20. The molecule has 0 unspecified atom stereocenters. The first-order valence-electron chi connectivity index (χ1n) is 3.21. The number of nitrogens with two attached hydrogens (primary N) is 1. The lowest BCUT2D eigenvalue weighted by Crippen LogP contribution is -2.34. The predicted octanol–water partition coefficient (Wildman–Crippen LogP) is 1.96. The van der Waals surface area contributed by atoms with Crippen molar-refractivity contribution in [2.45, 2.75) is 32.1 Å². The Kier molecular flexibility index (Phi) is 2.77. The highest BCUT2D eigenvalue weighted by molar-refractivity contribution is 6.58. The van der Waals surface area contributed by atoms with E-state index in [0.717, 1.165) is 0 Å². The van der Waals surface area contributed by atoms with Crippen molar-refractivity contribution in [1.82, 2.24) is 0 Å². The second-order valence-corrected chi connectivity index (χ2v) is 3.24. The largest absolute Gasteiger partial charge is 0.478 e. The van der Waals surface area contributed by atoms with E-state index in [-0.39, 0.29) is 6.42 Å². The van der Waals surface area contributed by atoms with Gasteiger partial charge in [0.1, 0.15) is 0 Å². The summed E-state index contributed by atoms with van der Waals surface area (Å²) in [6.45, 7) is -1.46. The first-order chi connectivity index (χ1) is 4.21. The lowest BCUT2D eigenvalue weighted by Gasteiger charge is -2.22. The summed E-state index contributed by atoms with van der Waals surface area (Å²) in [6, 6.07) is 0. The van der Waals surface area contributed by atoms with Crippen LogP contribution in [0.15, 0.2) is 0 Å². The van der Waals surface area contributed by atoms with Crippen LogP contribution in [0.1, 0.15) is 20.3 Å². The van der Waals surface area contributed by atoms with Gasteiger partial charge in [-0.1, -0.05) is 12.7 Å². The second-order valence-electron chi connectivity index (χ2n) is 3.24. The summed E-state index contributed by atoms with van der Waals surface area (Å²) < 4.78 is 34.8. The van der Waals surface area contributed by atoms with Crippen molar-refractivity contribution >= 4 is 6.98 Å². The second kappa shape index (κ2) is 2.82. The Labute approximate surface area is 58.8 Å². The topological polar surface area (TPSA) is 26.0 Å². The highest BCUT2D eigenvalue weighted by atomic mass is 19.4. The van der Waals surface area contributed by atoms with Gasteiger partial charge in [0.15, 0.2) is 0 Å². The fourth-order valence-corrected chi connectivity index (χ4v) is 0.536. The summed E-state index contributed by atoms with van der Waals surface area (Å²) in [5.41, 5.74) is 4.66. The molecule has 0 atom stereocenters. The van der Waals surface area contributed by atoms with Crippen molar-refractivity contribution in [2.75, 3.05) is 0 Å². The van der Waals surface area contributed by atoms with Crippen molar-refractivity contribution in [2.24, 2.45) is 5.73 Å². The fourth-order valence-electron chi connectivity index (χ4n) is 0.536. The molecule has 10 heavy (non-hydrogen) atoms. The van der Waals surface area contributed by atoms with E-state index in [1.807, 2.05) is 0 Å². The molecule has 0 bridgehead atoms. The maximum Gasteiger partial charge on any atom is 0.478 e. The summed E-state index contributed by atoms with van der Waals surface area (Å²) in [5, 5.41) is 0. The lowest BCUT2D eigenvalue weighted by molar-refractivity contribution is 0.426. The van der Waals surface area contributed by atoms with Crippen LogP contribution in [0.3, 0.4) is 0 Å². The van der Waals surface area contributed by atoms with E-state index in [1.165, 1.54) is 0 Å². The van der Waals surface area contributed by atoms with Gasteiger partial charge in [-0.25, -0.2) is 0 Å². The molecule has 0 heterocycles. The van der Waals surface area contributed by atoms with E-state index >= 15 is 0 Å². The van der Waals surface area contributed by atoms with Crippen molar-refractivity contribution in [3.05, 3.63) is 0 Å². The third-order valence-corrected chi connectivity index (χ3v) is 1.12. The van der Waals surface area contributed by atoms with Gasteiger partial charge >= 0.3 is 6.98 Å². The lowest BCUT2D eigenvalue weighted by atomic mass is 9.79. The van der Waals surface area contributed by atoms with Crippen LogP contribution >= 0.6 is 0 Å². The summed E-state index contributed by atoms with van der Waals surface area (Å²) in [5.74, 6) is 0. The summed E-state index contributed by atoms with van der Waals surface area (Å²) in [7, 11) is 0. The molecule has 0 spiro atoms. The van der Waals surface area contributed by atoms with Crippen LogP contribution in [0.4, 0.5) is 12.9 Å². The maximum atomic E-state index is 11.6. The average Bonchev–Trinajstić information content (AvgIpc) is 1.57. The van der Waals surface area contributed by atoms with Gasteiger partial charge in [-0.05, 0) is 13.8 Å². The predicted molar refractivity (Wildman–Crippen MR) is 36.8 cm³/mol. The third-order valence-electron chi connectivity index (χ3n) is 1.12. The summed E-state index contributed by atoms with van der Waals surface area (Å²) in [4.78, 5) is 0. The SMILES string of the molecule is CC(C)(N)CC[B-](F)(F)F. The van der Waals surface area contributed by atoms with Gasteiger partial charge in [0.2, 0.25) is 0 Å². The molecule has 0 rings (SSSR count). The van der Waals surface area contributed by atoms with Crippen molar-refractivity contribution < 1.29 is 12.9 Å². The van der Waals surface area contributed by atoms with Gasteiger partial charge in [-0.15, -0.1) is 0 Å². The molecule has 0 radical (unpaired) electrons. The molecular formula is C5H12BF3N-. The van der Waals surface area contributed by atoms with Gasteiger partial charge in [0.05, 0.1) is 0 Å². The monoisotopic (exact) mass is 154 g/mol. The quantitative estimate of drug-likeness (QED) is 0.617. The van der Waals surface area contributed by atoms with Crippen LogP contribution in [0.5, 0.6) is 0 Å². The molecular weight excluding hydrogens is 142 g/mol. The number of halogens is 3. The first kappa shape index (κ1) is 9.81. The van der Waals surface area contributed by atoms with E-state index in [0.29, 0.717) is 0 Å². The molecule has 0 saturated heterocycles. The zero-order chi connectivity index (χ0) is 8.41. The Balaban J connectivity index is 3.56. The molecule has 1 nitrogen and oxygen atoms in total. The summed E-state index contributed by atoms with van der Waals surface area (Å²) >= 11 is 0. The minimum atomic E-state index is -4.65. The van der Waals surface area contributed by atoms with Gasteiger partial charge in [0, 0.05) is 5.54 Å². The Morgan fingerprint density at radius 3 is 1.80 bits per heavy atom. The van der Waals surface area contributed by atoms with Crippen LogP contribution < -0.4 is 5.73 Å². The van der Waals surface area contributed by atoms with Crippen LogP contribution in [0, 0.1) is 0 Å². The van der Waals surface area contributed by atoms with Crippen LogP contribution in [0.25, 0.3) is 0 Å². The Bertz CT molecular complexity index is 90.4. The third kappa shape index (κ3) is 7.81. The number of rotatable bonds is 3. The van der Waals surface area contributed by atoms with Crippen LogP contribution in [-0.2, 0) is 0 Å². The molecule has 0 aliphatic heterocycles. The smallest absolute Gasteiger partial charge is 0.449 e. The minimum absolute atomic E-state index is 0.0104. The van der Waals surface area contributed by atoms with Gasteiger partial charge < -0.3 is 18.7 Å². The van der Waals surface area contributed by atoms with Crippen LogP contribution in [-0.4, -0.2) is 12.5 Å². The zero-order valence-corrected chi connectivity index (χ0v) is 6.20. The van der Waals surface area contributed by atoms with Gasteiger partial charge in [-0.2, -0.15) is 0 Å². The molecule has 0 aromatic carbocycles. The Morgan fingerprint density at radius 2 is 1.70 bits per heavy atom. The normalized spacial score (nSPS) is 13.8. The Morgan fingerprint density at radius 1 is 1.30 bits per heavy atom. The van der Waals surface area contributed by atoms with Crippen molar-refractivity contribution in [3.63, 3.8) is 0 Å². The molecule has 5 heteroatoms. The first-order valence-corrected chi connectivity index (χ1v) is 3.21. The number of hydrogen-bond donors (Lipinski definition) is 1. The van der Waals surface area contributed by atoms with E-state index < -0.39 is 18.8 Å². The van der Waals surface area contributed by atoms with Crippen LogP contribution in [0.2, 0.25) is 6.32 Å². The molecule has 0 fully saturated rings. The van der Waals surface area contributed by atoms with E-state index in [9.17, 15) is 12.9 Å². The molecule has 0 aromatic rings.